The second kappa shape index (κ2) is 8.01. The number of carbonyl (C=O) groups excluding carboxylic acids is 2. The van der Waals surface area contributed by atoms with Crippen LogP contribution in [0, 0.1) is 0 Å². The molecule has 0 unspecified atom stereocenters. The van der Waals surface area contributed by atoms with Crippen LogP contribution in [0.15, 0.2) is 53.3 Å². The highest BCUT2D eigenvalue weighted by Crippen LogP contribution is 2.15. The van der Waals surface area contributed by atoms with Gasteiger partial charge in [-0.2, -0.15) is 5.10 Å². The van der Waals surface area contributed by atoms with Crippen molar-refractivity contribution in [2.75, 3.05) is 12.4 Å². The number of methoxy groups -OCH3 is 1. The normalized spacial score (nSPS) is 10.6. The minimum absolute atomic E-state index is 0.101. The predicted molar refractivity (Wildman–Crippen MR) is 102 cm³/mol. The number of hydrogen-bond acceptors (Lipinski definition) is 5. The highest BCUT2D eigenvalue weighted by Gasteiger charge is 2.15. The third kappa shape index (κ3) is 4.32. The van der Waals surface area contributed by atoms with Crippen molar-refractivity contribution in [3.63, 3.8) is 0 Å². The summed E-state index contributed by atoms with van der Waals surface area (Å²) >= 11 is 5.82. The van der Waals surface area contributed by atoms with Crippen LogP contribution in [0.25, 0.3) is 10.8 Å². The van der Waals surface area contributed by atoms with Crippen LogP contribution in [0.5, 0.6) is 0 Å². The highest BCUT2D eigenvalue weighted by molar-refractivity contribution is 6.30. The summed E-state index contributed by atoms with van der Waals surface area (Å²) in [4.78, 5) is 36.6. The number of nitrogens with zero attached hydrogens (tertiary/aromatic N) is 2. The Labute approximate surface area is 159 Å². The van der Waals surface area contributed by atoms with Gasteiger partial charge in [0.25, 0.3) is 5.56 Å². The van der Waals surface area contributed by atoms with Crippen molar-refractivity contribution in [3.8, 4) is 0 Å². The summed E-state index contributed by atoms with van der Waals surface area (Å²) < 4.78 is 5.73. The lowest BCUT2D eigenvalue weighted by atomic mass is 10.1. The largest absolute Gasteiger partial charge is 0.469 e. The third-order valence-corrected chi connectivity index (χ3v) is 4.16. The summed E-state index contributed by atoms with van der Waals surface area (Å²) in [6, 6.07) is 13.4. The Kier molecular flexibility index (Phi) is 5.52. The minimum Gasteiger partial charge on any atom is -0.469 e. The topological polar surface area (TPSA) is 90.3 Å². The smallest absolute Gasteiger partial charge is 0.311 e. The fraction of sp³-hybridized carbons (Fsp3) is 0.158. The van der Waals surface area contributed by atoms with E-state index in [1.807, 2.05) is 0 Å². The number of halogens is 1. The summed E-state index contributed by atoms with van der Waals surface area (Å²) in [6.07, 6.45) is -0.101. The number of ether oxygens (including phenoxy) is 1. The molecular formula is C19H16ClN3O4. The maximum Gasteiger partial charge on any atom is 0.311 e. The molecule has 1 amide bonds. The van der Waals surface area contributed by atoms with Gasteiger partial charge in [0.05, 0.1) is 24.6 Å². The van der Waals surface area contributed by atoms with Crippen LogP contribution in [0.2, 0.25) is 5.02 Å². The van der Waals surface area contributed by atoms with Gasteiger partial charge in [-0.15, -0.1) is 0 Å². The number of amides is 1. The van der Waals surface area contributed by atoms with E-state index in [-0.39, 0.29) is 13.0 Å². The van der Waals surface area contributed by atoms with Crippen LogP contribution in [-0.2, 0) is 27.3 Å². The van der Waals surface area contributed by atoms with Crippen molar-refractivity contribution in [2.45, 2.75) is 13.0 Å². The second-order valence-electron chi connectivity index (χ2n) is 5.76. The molecule has 0 aliphatic rings. The van der Waals surface area contributed by atoms with Crippen molar-refractivity contribution in [3.05, 3.63) is 69.6 Å². The highest BCUT2D eigenvalue weighted by atomic mass is 35.5. The molecule has 27 heavy (non-hydrogen) atoms. The first-order chi connectivity index (χ1) is 13.0. The van der Waals surface area contributed by atoms with Gasteiger partial charge in [0, 0.05) is 16.1 Å². The van der Waals surface area contributed by atoms with Crippen LogP contribution in [0.4, 0.5) is 5.69 Å². The maximum absolute atomic E-state index is 12.7. The van der Waals surface area contributed by atoms with E-state index >= 15 is 0 Å². The number of benzene rings is 2. The first-order valence-corrected chi connectivity index (χ1v) is 8.46. The molecule has 7 nitrogen and oxygen atoms in total. The standard InChI is InChI=1S/C19H16ClN3O4/c1-27-18(25)10-16-14-4-2-3-5-15(14)19(26)23(22-16)11-17(24)21-13-8-6-12(20)7-9-13/h2-9H,10-11H2,1H3,(H,21,24). The molecule has 0 bridgehead atoms. The average Bonchev–Trinajstić information content (AvgIpc) is 2.67. The molecule has 3 aromatic rings. The van der Waals surface area contributed by atoms with Crippen molar-refractivity contribution < 1.29 is 14.3 Å². The van der Waals surface area contributed by atoms with Gasteiger partial charge in [-0.25, -0.2) is 4.68 Å². The van der Waals surface area contributed by atoms with Gasteiger partial charge in [0.15, 0.2) is 0 Å². The minimum atomic E-state index is -0.483. The van der Waals surface area contributed by atoms with E-state index in [1.54, 1.807) is 48.5 Å². The number of anilines is 1. The molecule has 3 rings (SSSR count). The quantitative estimate of drug-likeness (QED) is 0.681. The van der Waals surface area contributed by atoms with Crippen molar-refractivity contribution in [1.82, 2.24) is 9.78 Å². The molecule has 0 saturated carbocycles. The zero-order valence-electron chi connectivity index (χ0n) is 14.4. The molecule has 0 aliphatic heterocycles. The van der Waals surface area contributed by atoms with Crippen molar-refractivity contribution in [1.29, 1.82) is 0 Å². The predicted octanol–water partition coefficient (Wildman–Crippen LogP) is 2.40. The molecule has 0 radical (unpaired) electrons. The number of fused-ring (bicyclic) bond motifs is 1. The Morgan fingerprint density at radius 3 is 2.44 bits per heavy atom. The first kappa shape index (κ1) is 18.6. The first-order valence-electron chi connectivity index (χ1n) is 8.09. The van der Waals surface area contributed by atoms with Crippen LogP contribution in [0.1, 0.15) is 5.69 Å². The van der Waals surface area contributed by atoms with E-state index in [2.05, 4.69) is 15.2 Å². The van der Waals surface area contributed by atoms with Crippen LogP contribution >= 0.6 is 11.6 Å². The second-order valence-corrected chi connectivity index (χ2v) is 6.20. The monoisotopic (exact) mass is 385 g/mol. The fourth-order valence-corrected chi connectivity index (χ4v) is 2.75. The van der Waals surface area contributed by atoms with E-state index < -0.39 is 17.4 Å². The summed E-state index contributed by atoms with van der Waals surface area (Å²) in [5.41, 5.74) is 0.509. The zero-order valence-corrected chi connectivity index (χ0v) is 15.2. The van der Waals surface area contributed by atoms with Gasteiger partial charge in [-0.05, 0) is 30.3 Å². The van der Waals surface area contributed by atoms with Crippen molar-refractivity contribution in [2.24, 2.45) is 0 Å². The molecular weight excluding hydrogens is 370 g/mol. The third-order valence-electron chi connectivity index (χ3n) is 3.91. The Morgan fingerprint density at radius 2 is 1.78 bits per heavy atom. The fourth-order valence-electron chi connectivity index (χ4n) is 2.62. The number of carbonyl (C=O) groups is 2. The number of esters is 1. The maximum atomic E-state index is 12.7. The molecule has 0 aliphatic carbocycles. The Bertz CT molecular complexity index is 1060. The molecule has 1 aromatic heterocycles. The van der Waals surface area contributed by atoms with Crippen LogP contribution in [0.3, 0.4) is 0 Å². The van der Waals surface area contributed by atoms with Gasteiger partial charge in [-0.3, -0.25) is 14.4 Å². The average molecular weight is 386 g/mol. The number of hydrogen-bond donors (Lipinski definition) is 1. The molecule has 0 atom stereocenters. The van der Waals surface area contributed by atoms with Gasteiger partial charge < -0.3 is 10.1 Å². The molecule has 138 valence electrons. The van der Waals surface area contributed by atoms with E-state index in [0.29, 0.717) is 27.2 Å². The van der Waals surface area contributed by atoms with Gasteiger partial charge in [-0.1, -0.05) is 29.8 Å². The Balaban J connectivity index is 1.92. The van der Waals surface area contributed by atoms with Crippen molar-refractivity contribution >= 4 is 39.9 Å². The number of rotatable bonds is 5. The van der Waals surface area contributed by atoms with E-state index in [4.69, 9.17) is 11.6 Å². The van der Waals surface area contributed by atoms with Crippen LogP contribution in [-0.4, -0.2) is 28.8 Å². The number of aromatic nitrogens is 2. The van der Waals surface area contributed by atoms with Crippen LogP contribution < -0.4 is 10.9 Å². The van der Waals surface area contributed by atoms with E-state index in [0.717, 1.165) is 4.68 Å². The summed E-state index contributed by atoms with van der Waals surface area (Å²) in [7, 11) is 1.28. The lowest BCUT2D eigenvalue weighted by molar-refractivity contribution is -0.139. The summed E-state index contributed by atoms with van der Waals surface area (Å²) in [5.74, 6) is -0.908. The summed E-state index contributed by atoms with van der Waals surface area (Å²) in [5, 5.41) is 8.37. The molecule has 8 heteroatoms. The molecule has 1 heterocycles. The Morgan fingerprint density at radius 1 is 1.11 bits per heavy atom. The van der Waals surface area contributed by atoms with E-state index in [9.17, 15) is 14.4 Å². The van der Waals surface area contributed by atoms with Gasteiger partial charge >= 0.3 is 5.97 Å². The lowest BCUT2D eigenvalue weighted by Crippen LogP contribution is -2.31. The zero-order chi connectivity index (χ0) is 19.4. The Hall–Kier alpha value is -3.19. The number of nitrogens with one attached hydrogen (secondary N) is 1. The SMILES string of the molecule is COC(=O)Cc1nn(CC(=O)Nc2ccc(Cl)cc2)c(=O)c2ccccc12. The molecule has 1 N–H and O–H groups in total. The van der Waals surface area contributed by atoms with Gasteiger partial charge in [0.1, 0.15) is 6.54 Å². The molecule has 2 aromatic carbocycles. The lowest BCUT2D eigenvalue weighted by Gasteiger charge is -2.11. The molecule has 0 fully saturated rings. The van der Waals surface area contributed by atoms with Gasteiger partial charge in [0.2, 0.25) is 5.91 Å². The molecule has 0 saturated heterocycles. The summed E-state index contributed by atoms with van der Waals surface area (Å²) in [6.45, 7) is -0.291. The van der Waals surface area contributed by atoms with E-state index in [1.165, 1.54) is 7.11 Å². The molecule has 0 spiro atoms.